The average molecular weight is 779 g/mol. The van der Waals surface area contributed by atoms with Gasteiger partial charge in [-0.1, -0.05) is 48.0 Å². The number of carboxylic acid groups (broad SMARTS) is 2. The Morgan fingerprint density at radius 1 is 0.911 bits per heavy atom. The molecule has 0 radical (unpaired) electrons. The summed E-state index contributed by atoms with van der Waals surface area (Å²) in [7, 11) is 0. The summed E-state index contributed by atoms with van der Waals surface area (Å²) in [5.41, 5.74) is 3.25. The maximum Gasteiger partial charge on any atom is 0.336 e. The summed E-state index contributed by atoms with van der Waals surface area (Å²) >= 11 is 6.17. The molecule has 0 bridgehead atoms. The lowest BCUT2D eigenvalue weighted by Crippen LogP contribution is -2.40. The van der Waals surface area contributed by atoms with Gasteiger partial charge in [-0.3, -0.25) is 14.3 Å². The minimum Gasteiger partial charge on any atom is -0.488 e. The number of amides is 2. The number of aliphatic carboxylic acids is 1. The maximum atomic E-state index is 13.6. The van der Waals surface area contributed by atoms with Gasteiger partial charge < -0.3 is 25.2 Å². The molecule has 0 aliphatic carbocycles. The number of aromatic nitrogens is 4. The van der Waals surface area contributed by atoms with Crippen LogP contribution in [0, 0.1) is 5.82 Å². The van der Waals surface area contributed by atoms with Crippen LogP contribution in [0.4, 0.5) is 4.39 Å². The van der Waals surface area contributed by atoms with Gasteiger partial charge in [0, 0.05) is 37.3 Å². The Morgan fingerprint density at radius 3 is 2.50 bits per heavy atom. The van der Waals surface area contributed by atoms with Gasteiger partial charge in [-0.2, -0.15) is 10.2 Å². The number of carbonyl (C=O) groups is 4. The van der Waals surface area contributed by atoms with Crippen LogP contribution in [0.25, 0.3) is 27.7 Å². The molecule has 0 unspecified atom stereocenters. The molecule has 2 atom stereocenters. The number of hydrogen-bond acceptors (Lipinski definition) is 7. The highest BCUT2D eigenvalue weighted by molar-refractivity contribution is 6.32. The van der Waals surface area contributed by atoms with E-state index in [2.05, 4.69) is 10.4 Å². The number of aromatic carboxylic acids is 1. The number of ether oxygens (including phenoxy) is 1. The van der Waals surface area contributed by atoms with Crippen LogP contribution in [-0.2, 0) is 11.3 Å². The van der Waals surface area contributed by atoms with Gasteiger partial charge in [0.15, 0.2) is 0 Å². The van der Waals surface area contributed by atoms with Crippen molar-refractivity contribution in [3.63, 3.8) is 0 Å². The molecule has 0 spiro atoms. The molecule has 7 rings (SSSR count). The number of aryl methyl sites for hydroxylation is 1. The second kappa shape index (κ2) is 16.4. The number of likely N-dealkylation sites (tertiary alicyclic amines) is 1. The van der Waals surface area contributed by atoms with Gasteiger partial charge in [0.1, 0.15) is 23.7 Å². The highest BCUT2D eigenvalue weighted by atomic mass is 35.5. The molecule has 1 aliphatic heterocycles. The SMILES string of the molecule is O=C(O)c1ccccc1C(=O)NCCCCCn1cc2c(-c3cccc(O[C@H]4C[C@@H](C(=O)O)N(C(=O)c5cnn(-c6ccc(F)cc6Cl)c5)C4)c3)cccc2n1. The fraction of sp³-hybridized carbons (Fsp3) is 0.220. The average Bonchev–Trinajstić information content (AvgIpc) is 3.95. The Bertz CT molecular complexity index is 2450. The second-order valence-electron chi connectivity index (χ2n) is 13.4. The Labute approximate surface area is 324 Å². The Morgan fingerprint density at radius 2 is 1.71 bits per heavy atom. The molecule has 1 aliphatic rings. The molecular formula is C41H36ClFN6O7. The van der Waals surface area contributed by atoms with Crippen molar-refractivity contribution >= 4 is 46.3 Å². The number of fused-ring (bicyclic) bond motifs is 1. The van der Waals surface area contributed by atoms with E-state index in [0.29, 0.717) is 24.5 Å². The van der Waals surface area contributed by atoms with E-state index in [1.165, 1.54) is 46.2 Å². The van der Waals surface area contributed by atoms with Crippen molar-refractivity contribution in [3.05, 3.63) is 131 Å². The topological polar surface area (TPSA) is 169 Å². The molecule has 3 N–H and O–H groups in total. The maximum absolute atomic E-state index is 13.6. The van der Waals surface area contributed by atoms with E-state index in [9.17, 15) is 33.8 Å². The quantitative estimate of drug-likeness (QED) is 0.102. The number of unbranched alkanes of at least 4 members (excludes halogenated alkanes) is 2. The zero-order valence-electron chi connectivity index (χ0n) is 29.8. The number of halogens is 2. The van der Waals surface area contributed by atoms with Crippen molar-refractivity contribution in [3.8, 4) is 22.6 Å². The molecule has 286 valence electrons. The Kier molecular flexibility index (Phi) is 11.1. The van der Waals surface area contributed by atoms with Crippen molar-refractivity contribution in [2.24, 2.45) is 0 Å². The molecule has 2 amide bonds. The summed E-state index contributed by atoms with van der Waals surface area (Å²) in [6.45, 7) is 1.12. The third-order valence-electron chi connectivity index (χ3n) is 9.59. The molecule has 6 aromatic rings. The van der Waals surface area contributed by atoms with Gasteiger partial charge in [0.05, 0.1) is 45.7 Å². The van der Waals surface area contributed by atoms with Crippen molar-refractivity contribution in [1.82, 2.24) is 29.8 Å². The lowest BCUT2D eigenvalue weighted by molar-refractivity contribution is -0.141. The van der Waals surface area contributed by atoms with Crippen molar-refractivity contribution < 1.29 is 38.5 Å². The first-order valence-electron chi connectivity index (χ1n) is 17.9. The zero-order valence-corrected chi connectivity index (χ0v) is 30.6. The molecule has 2 aromatic heterocycles. The number of rotatable bonds is 14. The van der Waals surface area contributed by atoms with E-state index < -0.39 is 41.7 Å². The fourth-order valence-electron chi connectivity index (χ4n) is 6.87. The molecule has 1 fully saturated rings. The molecule has 56 heavy (non-hydrogen) atoms. The summed E-state index contributed by atoms with van der Waals surface area (Å²) in [6, 6.07) is 22.1. The zero-order chi connectivity index (χ0) is 39.3. The van der Waals surface area contributed by atoms with Gasteiger partial charge in [-0.15, -0.1) is 0 Å². The second-order valence-corrected chi connectivity index (χ2v) is 13.8. The number of hydrogen-bond donors (Lipinski definition) is 3. The summed E-state index contributed by atoms with van der Waals surface area (Å²) in [6.07, 6.45) is 6.58. The number of nitrogens with one attached hydrogen (secondary N) is 1. The Hall–Kier alpha value is -6.54. The predicted octanol–water partition coefficient (Wildman–Crippen LogP) is 6.73. The van der Waals surface area contributed by atoms with Gasteiger partial charge in [-0.05, 0) is 78.9 Å². The monoisotopic (exact) mass is 778 g/mol. The van der Waals surface area contributed by atoms with Gasteiger partial charge >= 0.3 is 11.9 Å². The summed E-state index contributed by atoms with van der Waals surface area (Å²) < 4.78 is 23.1. The van der Waals surface area contributed by atoms with Crippen LogP contribution in [-0.4, -0.2) is 83.7 Å². The van der Waals surface area contributed by atoms with E-state index >= 15 is 0 Å². The molecule has 1 saturated heterocycles. The minimum atomic E-state index is -1.15. The summed E-state index contributed by atoms with van der Waals surface area (Å²) in [5, 5.41) is 32.2. The minimum absolute atomic E-state index is 0.0314. The number of carbonyl (C=O) groups excluding carboxylic acids is 2. The van der Waals surface area contributed by atoms with Crippen LogP contribution < -0.4 is 10.1 Å². The van der Waals surface area contributed by atoms with Crippen LogP contribution in [0.5, 0.6) is 5.75 Å². The van der Waals surface area contributed by atoms with E-state index in [0.717, 1.165) is 47.4 Å². The largest absolute Gasteiger partial charge is 0.488 e. The highest BCUT2D eigenvalue weighted by Crippen LogP contribution is 2.32. The first-order chi connectivity index (χ1) is 27.0. The molecule has 4 aromatic carbocycles. The van der Waals surface area contributed by atoms with Crippen LogP contribution in [0.3, 0.4) is 0 Å². The summed E-state index contributed by atoms with van der Waals surface area (Å²) in [5.74, 6) is -3.23. The highest BCUT2D eigenvalue weighted by Gasteiger charge is 2.41. The molecule has 15 heteroatoms. The number of benzene rings is 4. The first-order valence-corrected chi connectivity index (χ1v) is 18.3. The van der Waals surface area contributed by atoms with Crippen LogP contribution in [0.2, 0.25) is 5.02 Å². The smallest absolute Gasteiger partial charge is 0.336 e. The Balaban J connectivity index is 0.963. The van der Waals surface area contributed by atoms with E-state index in [1.807, 2.05) is 47.3 Å². The van der Waals surface area contributed by atoms with Crippen LogP contribution in [0.15, 0.2) is 104 Å². The molecule has 3 heterocycles. The summed E-state index contributed by atoms with van der Waals surface area (Å²) in [4.78, 5) is 51.0. The lowest BCUT2D eigenvalue weighted by Gasteiger charge is -2.20. The molecular weight excluding hydrogens is 743 g/mol. The van der Waals surface area contributed by atoms with E-state index in [1.54, 1.807) is 18.2 Å². The van der Waals surface area contributed by atoms with Crippen molar-refractivity contribution in [2.45, 2.75) is 44.4 Å². The van der Waals surface area contributed by atoms with Gasteiger partial charge in [0.2, 0.25) is 0 Å². The molecule has 0 saturated carbocycles. The number of nitrogens with zero attached hydrogens (tertiary/aromatic N) is 5. The molecule has 13 nitrogen and oxygen atoms in total. The van der Waals surface area contributed by atoms with Gasteiger partial charge in [0.25, 0.3) is 11.8 Å². The standard InChI is InChI=1S/C41H36ClFN6O7/c42-34-19-27(43)14-15-36(34)49-22-26(21-45-49)39(51)48-23-29(20-37(48)41(54)55)56-28-9-6-8-25(18-28)30-12-7-13-35-33(30)24-47(46-35)17-5-1-4-16-44-38(50)31-10-2-3-11-32(31)40(52)53/h2-3,6-15,18-19,21-22,24,29,37H,1,4-5,16-17,20,23H2,(H,44,50)(H,52,53)(H,54,55)/t29-,37-/m0/s1. The van der Waals surface area contributed by atoms with Gasteiger partial charge in [-0.25, -0.2) is 18.7 Å². The number of carboxylic acids is 2. The predicted molar refractivity (Wildman–Crippen MR) is 205 cm³/mol. The third-order valence-corrected chi connectivity index (χ3v) is 9.89. The third kappa shape index (κ3) is 8.25. The normalized spacial score (nSPS) is 15.2. The van der Waals surface area contributed by atoms with Crippen LogP contribution >= 0.6 is 11.6 Å². The first kappa shape index (κ1) is 37.8. The van der Waals surface area contributed by atoms with E-state index in [4.69, 9.17) is 21.4 Å². The van der Waals surface area contributed by atoms with Crippen molar-refractivity contribution in [2.75, 3.05) is 13.1 Å². The van der Waals surface area contributed by atoms with Crippen molar-refractivity contribution in [1.29, 1.82) is 0 Å². The van der Waals surface area contributed by atoms with Crippen LogP contribution in [0.1, 0.15) is 56.8 Å². The fourth-order valence-corrected chi connectivity index (χ4v) is 7.12. The lowest BCUT2D eigenvalue weighted by atomic mass is 10.0. The van der Waals surface area contributed by atoms with E-state index in [-0.39, 0.29) is 34.7 Å².